The number of hydrogen-bond donors (Lipinski definition) is 3. The lowest BCUT2D eigenvalue weighted by atomic mass is 10.1. The normalized spacial score (nSPS) is 14.4. The number of aromatic amines is 1. The Bertz CT molecular complexity index is 1280. The largest absolute Gasteiger partial charge is 0.358 e. The number of amides is 1. The number of nitrogens with one attached hydrogen (secondary N) is 1. The average Bonchev–Trinajstić information content (AvgIpc) is 3.30. The van der Waals surface area contributed by atoms with Crippen molar-refractivity contribution in [1.82, 2.24) is 19.8 Å². The summed E-state index contributed by atoms with van der Waals surface area (Å²) in [6.07, 6.45) is 2.09. The summed E-state index contributed by atoms with van der Waals surface area (Å²) >= 11 is 0. The van der Waals surface area contributed by atoms with E-state index in [2.05, 4.69) is 15.1 Å². The van der Waals surface area contributed by atoms with Gasteiger partial charge < -0.3 is 20.6 Å². The van der Waals surface area contributed by atoms with Gasteiger partial charge in [0.2, 0.25) is 5.96 Å². The molecule has 3 heterocycles. The molecule has 1 aliphatic rings. The van der Waals surface area contributed by atoms with Gasteiger partial charge in [-0.05, 0) is 12.1 Å². The Morgan fingerprint density at radius 3 is 2.38 bits per heavy atom. The fourth-order valence-corrected chi connectivity index (χ4v) is 3.92. The van der Waals surface area contributed by atoms with E-state index in [1.54, 1.807) is 17.0 Å². The maximum absolute atomic E-state index is 14.5. The Hall–Kier alpha value is -4.32. The van der Waals surface area contributed by atoms with Crippen molar-refractivity contribution in [3.8, 4) is 0 Å². The van der Waals surface area contributed by atoms with Gasteiger partial charge in [-0.3, -0.25) is 14.4 Å². The molecule has 0 aliphatic carbocycles. The second-order valence-corrected chi connectivity index (χ2v) is 7.71. The third kappa shape index (κ3) is 4.06. The van der Waals surface area contributed by atoms with Crippen LogP contribution in [0.25, 0.3) is 10.9 Å². The van der Waals surface area contributed by atoms with Gasteiger partial charge in [0.15, 0.2) is 11.6 Å². The molecule has 12 heteroatoms. The van der Waals surface area contributed by atoms with Crippen LogP contribution in [0.3, 0.4) is 0 Å². The van der Waals surface area contributed by atoms with Gasteiger partial charge in [-0.2, -0.15) is 0 Å². The number of fused-ring (bicyclic) bond motifs is 1. The van der Waals surface area contributed by atoms with Crippen molar-refractivity contribution in [2.45, 2.75) is 6.92 Å². The molecule has 1 fully saturated rings. The number of hydrazine groups is 1. The number of carbonyl (C=O) groups is 3. The summed E-state index contributed by atoms with van der Waals surface area (Å²) in [7, 11) is 0. The smallest absolute Gasteiger partial charge is 0.295 e. The minimum absolute atomic E-state index is 0.00475. The van der Waals surface area contributed by atoms with Gasteiger partial charge in [0, 0.05) is 39.3 Å². The topological polar surface area (TPSA) is 154 Å². The number of para-hydroxylation sites is 1. The van der Waals surface area contributed by atoms with Crippen LogP contribution in [0.1, 0.15) is 27.8 Å². The number of aromatic nitrogens is 2. The van der Waals surface area contributed by atoms with E-state index in [4.69, 9.17) is 11.7 Å². The fraction of sp³-hybridized carbons (Fsp3) is 0.227. The van der Waals surface area contributed by atoms with Crippen molar-refractivity contribution >= 4 is 40.0 Å². The number of guanidine groups is 1. The molecule has 0 unspecified atom stereocenters. The molecule has 0 atom stereocenters. The highest BCUT2D eigenvalue weighted by Crippen LogP contribution is 2.25. The molecule has 34 heavy (non-hydrogen) atoms. The molecule has 5 N–H and O–H groups in total. The van der Waals surface area contributed by atoms with E-state index < -0.39 is 23.3 Å². The molecule has 3 aromatic rings. The number of piperazine rings is 1. The van der Waals surface area contributed by atoms with Crippen molar-refractivity contribution in [2.75, 3.05) is 31.2 Å². The highest BCUT2D eigenvalue weighted by Gasteiger charge is 2.31. The Kier molecular flexibility index (Phi) is 6.23. The number of Topliss-reactive ketones (excluding diaryl/α,β-unsaturated/α-hetero) is 2. The lowest BCUT2D eigenvalue weighted by Gasteiger charge is -2.38. The van der Waals surface area contributed by atoms with E-state index in [0.717, 1.165) is 6.20 Å². The van der Waals surface area contributed by atoms with Crippen LogP contribution in [0, 0.1) is 5.82 Å². The Morgan fingerprint density at radius 1 is 1.12 bits per heavy atom. The minimum Gasteiger partial charge on any atom is -0.358 e. The van der Waals surface area contributed by atoms with Crippen molar-refractivity contribution in [1.29, 1.82) is 0 Å². The number of anilines is 1. The summed E-state index contributed by atoms with van der Waals surface area (Å²) < 4.78 is 14.5. The Balaban J connectivity index is 1.48. The first kappa shape index (κ1) is 22.9. The monoisotopic (exact) mass is 466 g/mol. The summed E-state index contributed by atoms with van der Waals surface area (Å²) in [5.74, 6) is 9.20. The van der Waals surface area contributed by atoms with Crippen LogP contribution >= 0.6 is 0 Å². The third-order valence-corrected chi connectivity index (χ3v) is 5.65. The number of carbonyl (C=O) groups excluding carboxylic acids is 3. The lowest BCUT2D eigenvalue weighted by Crippen LogP contribution is -2.57. The molecule has 1 aliphatic heterocycles. The molecule has 4 rings (SSSR count). The molecular weight excluding hydrogens is 443 g/mol. The number of halogens is 1. The highest BCUT2D eigenvalue weighted by atomic mass is 19.1. The van der Waals surface area contributed by atoms with Gasteiger partial charge in [-0.15, -0.1) is 5.10 Å². The molecule has 11 nitrogen and oxygen atoms in total. The molecular formula is C22H23FN8O3. The van der Waals surface area contributed by atoms with Gasteiger partial charge in [-0.1, -0.05) is 18.2 Å². The molecule has 1 aromatic carbocycles. The predicted octanol–water partition coefficient (Wildman–Crippen LogP) is 0.842. The van der Waals surface area contributed by atoms with Crippen LogP contribution in [0.2, 0.25) is 0 Å². The summed E-state index contributed by atoms with van der Waals surface area (Å²) in [4.78, 5) is 47.3. The second kappa shape index (κ2) is 9.27. The Labute approximate surface area is 193 Å². The van der Waals surface area contributed by atoms with E-state index in [1.807, 2.05) is 18.2 Å². The highest BCUT2D eigenvalue weighted by molar-refractivity contribution is 6.45. The van der Waals surface area contributed by atoms with Crippen LogP contribution in [0.4, 0.5) is 10.1 Å². The first-order valence-electron chi connectivity index (χ1n) is 10.5. The summed E-state index contributed by atoms with van der Waals surface area (Å²) in [5, 5.41) is 5.01. The summed E-state index contributed by atoms with van der Waals surface area (Å²) in [6, 6.07) is 9.12. The number of nitrogens with two attached hydrogens (primary N) is 2. The zero-order valence-electron chi connectivity index (χ0n) is 18.4. The van der Waals surface area contributed by atoms with Crippen molar-refractivity contribution in [2.24, 2.45) is 16.8 Å². The van der Waals surface area contributed by atoms with Crippen LogP contribution in [-0.2, 0) is 4.79 Å². The zero-order valence-corrected chi connectivity index (χ0v) is 18.4. The van der Waals surface area contributed by atoms with Gasteiger partial charge in [0.25, 0.3) is 11.7 Å². The maximum atomic E-state index is 14.5. The van der Waals surface area contributed by atoms with Crippen LogP contribution in [-0.4, -0.2) is 69.4 Å². The molecule has 0 spiro atoms. The average molecular weight is 466 g/mol. The van der Waals surface area contributed by atoms with Gasteiger partial charge in [0.1, 0.15) is 5.69 Å². The molecule has 176 valence electrons. The summed E-state index contributed by atoms with van der Waals surface area (Å²) in [6.45, 7) is 2.35. The zero-order chi connectivity index (χ0) is 24.4. The molecule has 1 saturated heterocycles. The SMILES string of the molecule is CC(=O)c1ncc(F)c2c(C(=O)C(=O)N3CCN(/C(=N/N)N(N)c4ccccc4)CC3)c[nH]c12. The number of hydrazone groups is 1. The fourth-order valence-electron chi connectivity index (χ4n) is 3.92. The van der Waals surface area contributed by atoms with Crippen LogP contribution < -0.4 is 16.7 Å². The van der Waals surface area contributed by atoms with Crippen LogP contribution in [0.5, 0.6) is 0 Å². The molecule has 0 radical (unpaired) electrons. The number of rotatable bonds is 4. The third-order valence-electron chi connectivity index (χ3n) is 5.65. The second-order valence-electron chi connectivity index (χ2n) is 7.71. The molecule has 0 bridgehead atoms. The van der Waals surface area contributed by atoms with E-state index in [-0.39, 0.29) is 35.2 Å². The number of ketones is 2. The maximum Gasteiger partial charge on any atom is 0.295 e. The van der Waals surface area contributed by atoms with Gasteiger partial charge >= 0.3 is 0 Å². The number of nitrogens with zero attached hydrogens (tertiary/aromatic N) is 5. The number of pyridine rings is 1. The Morgan fingerprint density at radius 2 is 1.76 bits per heavy atom. The van der Waals surface area contributed by atoms with Gasteiger partial charge in [-0.25, -0.2) is 20.2 Å². The van der Waals surface area contributed by atoms with Crippen LogP contribution in [0.15, 0.2) is 47.8 Å². The van der Waals surface area contributed by atoms with E-state index in [9.17, 15) is 18.8 Å². The quantitative estimate of drug-likeness (QED) is 0.128. The van der Waals surface area contributed by atoms with E-state index in [0.29, 0.717) is 24.7 Å². The number of benzene rings is 1. The first-order valence-corrected chi connectivity index (χ1v) is 10.5. The van der Waals surface area contributed by atoms with Crippen molar-refractivity contribution in [3.05, 3.63) is 59.8 Å². The van der Waals surface area contributed by atoms with Crippen molar-refractivity contribution < 1.29 is 18.8 Å². The molecule has 0 saturated carbocycles. The molecule has 2 aromatic heterocycles. The van der Waals surface area contributed by atoms with E-state index >= 15 is 0 Å². The number of hydrogen-bond acceptors (Lipinski definition) is 7. The standard InChI is InChI=1S/C22H23FN8O3/c1-13(32)18-19-17(16(23)12-27-18)15(11-26-19)20(33)21(34)29-7-9-30(10-8-29)22(28-24)31(25)14-5-3-2-4-6-14/h2-6,11-12,26H,7-10,24-25H2,1H3/b28-22-. The number of H-pyrrole nitrogens is 1. The van der Waals surface area contributed by atoms with E-state index in [1.165, 1.54) is 23.0 Å². The lowest BCUT2D eigenvalue weighted by molar-refractivity contribution is -0.127. The molecule has 1 amide bonds. The minimum atomic E-state index is -0.878. The van der Waals surface area contributed by atoms with Gasteiger partial charge in [0.05, 0.1) is 28.4 Å². The predicted molar refractivity (Wildman–Crippen MR) is 123 cm³/mol. The summed E-state index contributed by atoms with van der Waals surface area (Å²) in [5.41, 5.74) is 0.614. The first-order chi connectivity index (χ1) is 16.3. The van der Waals surface area contributed by atoms with Crippen molar-refractivity contribution in [3.63, 3.8) is 0 Å².